The van der Waals surface area contributed by atoms with E-state index in [1.165, 1.54) is 0 Å². The molecule has 0 unspecified atom stereocenters. The van der Waals surface area contributed by atoms with Crippen molar-refractivity contribution in [3.8, 4) is 0 Å². The van der Waals surface area contributed by atoms with Crippen molar-refractivity contribution in [1.29, 1.82) is 0 Å². The lowest BCUT2D eigenvalue weighted by Crippen LogP contribution is -2.28. The van der Waals surface area contributed by atoms with Crippen molar-refractivity contribution in [2.75, 3.05) is 30.9 Å². The van der Waals surface area contributed by atoms with Crippen LogP contribution in [0.3, 0.4) is 0 Å². The van der Waals surface area contributed by atoms with Crippen LogP contribution in [0, 0.1) is 0 Å². The van der Waals surface area contributed by atoms with Gasteiger partial charge in [-0.3, -0.25) is 0 Å². The smallest absolute Gasteiger partial charge is 0.211 e. The molecule has 0 atom stereocenters. The molecule has 0 saturated carbocycles. The first-order valence-corrected chi connectivity index (χ1v) is 9.72. The molecule has 0 aliphatic rings. The number of unbranched alkanes of at least 4 members (excludes halogenated alkanes) is 2. The van der Waals surface area contributed by atoms with Crippen molar-refractivity contribution in [2.45, 2.75) is 45.6 Å². The molecule has 0 saturated heterocycles. The summed E-state index contributed by atoms with van der Waals surface area (Å²) in [5, 5.41) is 3.28. The molecule has 0 aliphatic heterocycles. The third kappa shape index (κ3) is 12.7. The second-order valence-corrected chi connectivity index (χ2v) is 7.64. The van der Waals surface area contributed by atoms with Gasteiger partial charge in [-0.1, -0.05) is 13.8 Å². The number of hydrogen-bond acceptors (Lipinski definition) is 4. The molecule has 0 radical (unpaired) electrons. The highest BCUT2D eigenvalue weighted by Crippen LogP contribution is 1.99. The van der Waals surface area contributed by atoms with E-state index in [2.05, 4.69) is 30.1 Å². The van der Waals surface area contributed by atoms with E-state index in [1.54, 1.807) is 11.8 Å². The van der Waals surface area contributed by atoms with Crippen molar-refractivity contribution >= 4 is 21.8 Å². The number of sulfonamides is 1. The lowest BCUT2D eigenvalue weighted by Gasteiger charge is -2.08. The van der Waals surface area contributed by atoms with Gasteiger partial charge < -0.3 is 5.32 Å². The minimum atomic E-state index is -3.05. The average Bonchev–Trinajstić information content (AvgIpc) is 2.27. The van der Waals surface area contributed by atoms with Crippen LogP contribution in [0.25, 0.3) is 0 Å². The van der Waals surface area contributed by atoms with Crippen LogP contribution in [0.1, 0.15) is 39.5 Å². The van der Waals surface area contributed by atoms with Gasteiger partial charge in [-0.2, -0.15) is 11.8 Å². The molecule has 6 heteroatoms. The standard InChI is InChI=1S/C12H28N2O2S2/c1-12(2)13-8-5-7-11-18(15,16)14-9-4-6-10-17-3/h12-14H,4-11H2,1-3H3. The molecule has 0 fully saturated rings. The first-order chi connectivity index (χ1) is 8.48. The molecule has 0 aliphatic carbocycles. The SMILES string of the molecule is CSCCCCNS(=O)(=O)CCCCNC(C)C. The highest BCUT2D eigenvalue weighted by molar-refractivity contribution is 7.98. The molecule has 110 valence electrons. The van der Waals surface area contributed by atoms with Crippen LogP contribution in [-0.4, -0.2) is 45.3 Å². The summed E-state index contributed by atoms with van der Waals surface area (Å²) >= 11 is 1.80. The Morgan fingerprint density at radius 1 is 1.06 bits per heavy atom. The van der Waals surface area contributed by atoms with Crippen molar-refractivity contribution < 1.29 is 8.42 Å². The second kappa shape index (κ2) is 11.1. The Bertz CT molecular complexity index is 280. The fourth-order valence-electron chi connectivity index (χ4n) is 1.48. The average molecular weight is 297 g/mol. The molecule has 0 rings (SSSR count). The van der Waals surface area contributed by atoms with Gasteiger partial charge in [-0.15, -0.1) is 0 Å². The van der Waals surface area contributed by atoms with Gasteiger partial charge in [0.1, 0.15) is 0 Å². The summed E-state index contributed by atoms with van der Waals surface area (Å²) in [5.41, 5.74) is 0. The molecule has 0 amide bonds. The molecule has 0 heterocycles. The predicted octanol–water partition coefficient (Wildman–Crippen LogP) is 1.83. The Morgan fingerprint density at radius 3 is 2.33 bits per heavy atom. The zero-order valence-electron chi connectivity index (χ0n) is 11.9. The Hall–Kier alpha value is 0.220. The third-order valence-corrected chi connectivity index (χ3v) is 4.66. The van der Waals surface area contributed by atoms with E-state index in [0.717, 1.165) is 38.0 Å². The minimum Gasteiger partial charge on any atom is -0.315 e. The first-order valence-electron chi connectivity index (χ1n) is 6.67. The van der Waals surface area contributed by atoms with E-state index >= 15 is 0 Å². The van der Waals surface area contributed by atoms with Gasteiger partial charge in [0, 0.05) is 12.6 Å². The van der Waals surface area contributed by atoms with E-state index in [0.29, 0.717) is 12.6 Å². The van der Waals surface area contributed by atoms with Crippen molar-refractivity contribution in [3.63, 3.8) is 0 Å². The monoisotopic (exact) mass is 296 g/mol. The number of thioether (sulfide) groups is 1. The maximum absolute atomic E-state index is 11.6. The van der Waals surface area contributed by atoms with Crippen molar-refractivity contribution in [2.24, 2.45) is 0 Å². The van der Waals surface area contributed by atoms with Crippen LogP contribution in [0.15, 0.2) is 0 Å². The minimum absolute atomic E-state index is 0.245. The number of rotatable bonds is 12. The highest BCUT2D eigenvalue weighted by Gasteiger charge is 2.08. The van der Waals surface area contributed by atoms with Gasteiger partial charge in [0.05, 0.1) is 5.75 Å². The Kier molecular flexibility index (Phi) is 11.2. The Balaban J connectivity index is 3.49. The number of hydrogen-bond donors (Lipinski definition) is 2. The Labute approximate surface area is 117 Å². The quantitative estimate of drug-likeness (QED) is 0.539. The van der Waals surface area contributed by atoms with Crippen LogP contribution in [-0.2, 0) is 10.0 Å². The van der Waals surface area contributed by atoms with Crippen LogP contribution in [0.4, 0.5) is 0 Å². The molecule has 0 bridgehead atoms. The lowest BCUT2D eigenvalue weighted by molar-refractivity contribution is 0.554. The van der Waals surface area contributed by atoms with E-state index in [4.69, 9.17) is 0 Å². The fraction of sp³-hybridized carbons (Fsp3) is 1.00. The maximum atomic E-state index is 11.6. The normalized spacial score (nSPS) is 12.2. The summed E-state index contributed by atoms with van der Waals surface area (Å²) in [6.07, 6.45) is 5.69. The summed E-state index contributed by atoms with van der Waals surface area (Å²) in [6.45, 7) is 5.65. The summed E-state index contributed by atoms with van der Waals surface area (Å²) in [4.78, 5) is 0. The van der Waals surface area contributed by atoms with Gasteiger partial charge in [-0.05, 0) is 44.2 Å². The van der Waals surface area contributed by atoms with E-state index in [9.17, 15) is 8.42 Å². The van der Waals surface area contributed by atoms with Crippen molar-refractivity contribution in [3.05, 3.63) is 0 Å². The predicted molar refractivity (Wildman–Crippen MR) is 81.8 cm³/mol. The summed E-state index contributed by atoms with van der Waals surface area (Å²) in [5.74, 6) is 1.35. The van der Waals surface area contributed by atoms with Gasteiger partial charge in [0.2, 0.25) is 10.0 Å². The molecule has 0 spiro atoms. The lowest BCUT2D eigenvalue weighted by atomic mass is 10.3. The van der Waals surface area contributed by atoms with E-state index < -0.39 is 10.0 Å². The molecule has 4 nitrogen and oxygen atoms in total. The molecule has 0 aromatic heterocycles. The van der Waals surface area contributed by atoms with E-state index in [1.807, 2.05) is 0 Å². The van der Waals surface area contributed by atoms with Gasteiger partial charge in [0.25, 0.3) is 0 Å². The second-order valence-electron chi connectivity index (χ2n) is 4.73. The van der Waals surface area contributed by atoms with Gasteiger partial charge >= 0.3 is 0 Å². The summed E-state index contributed by atoms with van der Waals surface area (Å²) in [6, 6.07) is 0.469. The van der Waals surface area contributed by atoms with Gasteiger partial charge in [-0.25, -0.2) is 13.1 Å². The molecular formula is C12H28N2O2S2. The molecule has 2 N–H and O–H groups in total. The molecule has 18 heavy (non-hydrogen) atoms. The van der Waals surface area contributed by atoms with Gasteiger partial charge in [0.15, 0.2) is 0 Å². The van der Waals surface area contributed by atoms with E-state index in [-0.39, 0.29) is 5.75 Å². The topological polar surface area (TPSA) is 58.2 Å². The summed E-state index contributed by atoms with van der Waals surface area (Å²) in [7, 11) is -3.05. The third-order valence-electron chi connectivity index (χ3n) is 2.49. The molecular weight excluding hydrogens is 268 g/mol. The van der Waals surface area contributed by atoms with Crippen molar-refractivity contribution in [1.82, 2.24) is 10.0 Å². The summed E-state index contributed by atoms with van der Waals surface area (Å²) < 4.78 is 25.9. The van der Waals surface area contributed by atoms with Crippen LogP contribution in [0.2, 0.25) is 0 Å². The molecule has 0 aromatic carbocycles. The zero-order valence-corrected chi connectivity index (χ0v) is 13.5. The molecule has 0 aromatic rings. The maximum Gasteiger partial charge on any atom is 0.211 e. The number of nitrogens with one attached hydrogen (secondary N) is 2. The van der Waals surface area contributed by atoms with Crippen LogP contribution < -0.4 is 10.0 Å². The largest absolute Gasteiger partial charge is 0.315 e. The highest BCUT2D eigenvalue weighted by atomic mass is 32.2. The van der Waals surface area contributed by atoms with Crippen LogP contribution >= 0.6 is 11.8 Å². The Morgan fingerprint density at radius 2 is 1.72 bits per heavy atom. The van der Waals surface area contributed by atoms with Crippen LogP contribution in [0.5, 0.6) is 0 Å². The first kappa shape index (κ1) is 18.2. The zero-order chi connectivity index (χ0) is 13.9. The fourth-order valence-corrected chi connectivity index (χ4v) is 3.16.